The molecule has 0 aliphatic carbocycles. The van der Waals surface area contributed by atoms with Crippen molar-refractivity contribution in [2.75, 3.05) is 5.32 Å². The zero-order valence-corrected chi connectivity index (χ0v) is 18.9. The molecule has 2 N–H and O–H groups in total. The number of rotatable bonds is 16. The predicted molar refractivity (Wildman–Crippen MR) is 123 cm³/mol. The fraction of sp³-hybridized carbons (Fsp3) is 0.680. The number of benzene rings is 1. The van der Waals surface area contributed by atoms with Crippen LogP contribution in [0.4, 0.5) is 5.69 Å². The first-order valence-corrected chi connectivity index (χ1v) is 11.8. The molecular formula is C25H42N2O2. The topological polar surface area (TPSA) is 58.2 Å². The minimum atomic E-state index is -0.0965. The average Bonchev–Trinajstić information content (AvgIpc) is 2.72. The van der Waals surface area contributed by atoms with Crippen molar-refractivity contribution in [3.05, 3.63) is 29.8 Å². The van der Waals surface area contributed by atoms with Gasteiger partial charge in [0.1, 0.15) is 0 Å². The normalized spacial score (nSPS) is 11.8. The summed E-state index contributed by atoms with van der Waals surface area (Å²) in [5.41, 5.74) is 1.27. The van der Waals surface area contributed by atoms with Crippen LogP contribution in [-0.4, -0.2) is 17.9 Å². The second-order valence-electron chi connectivity index (χ2n) is 8.20. The smallest absolute Gasteiger partial charge is 0.251 e. The Kier molecular flexibility index (Phi) is 13.9. The maximum absolute atomic E-state index is 12.2. The summed E-state index contributed by atoms with van der Waals surface area (Å²) in [6.45, 7) is 6.28. The molecule has 29 heavy (non-hydrogen) atoms. The van der Waals surface area contributed by atoms with Gasteiger partial charge in [-0.05, 0) is 38.0 Å². The molecule has 1 aromatic carbocycles. The molecule has 0 radical (unpaired) electrons. The molecule has 1 unspecified atom stereocenters. The molecule has 0 saturated heterocycles. The van der Waals surface area contributed by atoms with Crippen LogP contribution in [0.2, 0.25) is 0 Å². The summed E-state index contributed by atoms with van der Waals surface area (Å²) < 4.78 is 0. The van der Waals surface area contributed by atoms with E-state index in [2.05, 4.69) is 17.6 Å². The van der Waals surface area contributed by atoms with E-state index >= 15 is 0 Å². The van der Waals surface area contributed by atoms with Gasteiger partial charge >= 0.3 is 0 Å². The van der Waals surface area contributed by atoms with Crippen molar-refractivity contribution in [3.63, 3.8) is 0 Å². The van der Waals surface area contributed by atoms with E-state index in [0.29, 0.717) is 17.7 Å². The Balaban J connectivity index is 2.16. The Bertz CT molecular complexity index is 586. The Morgan fingerprint density at radius 2 is 1.45 bits per heavy atom. The predicted octanol–water partition coefficient (Wildman–Crippen LogP) is 6.85. The van der Waals surface area contributed by atoms with Gasteiger partial charge in [-0.25, -0.2) is 0 Å². The molecular weight excluding hydrogens is 360 g/mol. The van der Waals surface area contributed by atoms with E-state index in [1.165, 1.54) is 57.8 Å². The van der Waals surface area contributed by atoms with E-state index in [1.54, 1.807) is 12.1 Å². The number of unbranched alkanes of at least 4 members (excludes halogenated alkanes) is 10. The molecule has 0 aliphatic rings. The van der Waals surface area contributed by atoms with Crippen LogP contribution >= 0.6 is 0 Å². The number of hydrogen-bond acceptors (Lipinski definition) is 2. The second kappa shape index (κ2) is 16.0. The van der Waals surface area contributed by atoms with E-state index in [0.717, 1.165) is 19.3 Å². The van der Waals surface area contributed by atoms with E-state index < -0.39 is 0 Å². The lowest BCUT2D eigenvalue weighted by Crippen LogP contribution is -2.31. The van der Waals surface area contributed by atoms with Crippen LogP contribution in [0.1, 0.15) is 115 Å². The molecule has 2 amide bonds. The van der Waals surface area contributed by atoms with Crippen LogP contribution in [-0.2, 0) is 4.79 Å². The number of hydrogen-bond donors (Lipinski definition) is 2. The van der Waals surface area contributed by atoms with Crippen molar-refractivity contribution in [2.24, 2.45) is 0 Å². The van der Waals surface area contributed by atoms with Gasteiger partial charge in [-0.2, -0.15) is 0 Å². The van der Waals surface area contributed by atoms with Gasteiger partial charge in [-0.3, -0.25) is 9.59 Å². The lowest BCUT2D eigenvalue weighted by atomic mass is 10.1. The van der Waals surface area contributed by atoms with Gasteiger partial charge < -0.3 is 10.6 Å². The zero-order valence-electron chi connectivity index (χ0n) is 18.9. The van der Waals surface area contributed by atoms with Crippen LogP contribution in [0.5, 0.6) is 0 Å². The highest BCUT2D eigenvalue weighted by molar-refractivity contribution is 5.97. The molecule has 1 aromatic rings. The fourth-order valence-corrected chi connectivity index (χ4v) is 3.32. The average molecular weight is 403 g/mol. The lowest BCUT2D eigenvalue weighted by molar-refractivity contribution is -0.116. The van der Waals surface area contributed by atoms with Gasteiger partial charge in [0.05, 0.1) is 0 Å². The second-order valence-corrected chi connectivity index (χ2v) is 8.20. The van der Waals surface area contributed by atoms with E-state index in [9.17, 15) is 9.59 Å². The molecule has 1 atom stereocenters. The van der Waals surface area contributed by atoms with Crippen LogP contribution in [0, 0.1) is 0 Å². The van der Waals surface area contributed by atoms with Crippen molar-refractivity contribution >= 4 is 17.5 Å². The SMILES string of the molecule is CCCCCCCCCCCCCC(=O)Nc1cccc(C(=O)NC(C)CC)c1. The minimum Gasteiger partial charge on any atom is -0.350 e. The van der Waals surface area contributed by atoms with Crippen LogP contribution in [0.3, 0.4) is 0 Å². The molecule has 164 valence electrons. The quantitative estimate of drug-likeness (QED) is 0.297. The molecule has 4 nitrogen and oxygen atoms in total. The van der Waals surface area contributed by atoms with Crippen molar-refractivity contribution in [1.29, 1.82) is 0 Å². The highest BCUT2D eigenvalue weighted by Crippen LogP contribution is 2.14. The molecule has 0 spiro atoms. The maximum Gasteiger partial charge on any atom is 0.251 e. The minimum absolute atomic E-state index is 0.0282. The highest BCUT2D eigenvalue weighted by atomic mass is 16.2. The number of amides is 2. The van der Waals surface area contributed by atoms with Gasteiger partial charge in [0.2, 0.25) is 5.91 Å². The van der Waals surface area contributed by atoms with Gasteiger partial charge in [-0.15, -0.1) is 0 Å². The van der Waals surface area contributed by atoms with E-state index in [4.69, 9.17) is 0 Å². The Morgan fingerprint density at radius 1 is 0.862 bits per heavy atom. The summed E-state index contributed by atoms with van der Waals surface area (Å²) in [6.07, 6.45) is 15.5. The third kappa shape index (κ3) is 12.4. The van der Waals surface area contributed by atoms with Gasteiger partial charge in [0, 0.05) is 23.7 Å². The number of carbonyl (C=O) groups excluding carboxylic acids is 2. The van der Waals surface area contributed by atoms with Crippen LogP contribution in [0.15, 0.2) is 24.3 Å². The lowest BCUT2D eigenvalue weighted by Gasteiger charge is -2.12. The molecule has 0 heterocycles. The van der Waals surface area contributed by atoms with E-state index in [-0.39, 0.29) is 17.9 Å². The van der Waals surface area contributed by atoms with Crippen molar-refractivity contribution < 1.29 is 9.59 Å². The van der Waals surface area contributed by atoms with Crippen molar-refractivity contribution in [3.8, 4) is 0 Å². The maximum atomic E-state index is 12.2. The standard InChI is InChI=1S/C25H42N2O2/c1-4-6-7-8-9-10-11-12-13-14-15-19-24(28)27-23-18-16-17-22(20-23)25(29)26-21(3)5-2/h16-18,20-21H,4-15,19H2,1-3H3,(H,26,29)(H,27,28). The summed E-state index contributed by atoms with van der Waals surface area (Å²) in [7, 11) is 0. The summed E-state index contributed by atoms with van der Waals surface area (Å²) >= 11 is 0. The Hall–Kier alpha value is -1.84. The summed E-state index contributed by atoms with van der Waals surface area (Å²) in [5, 5.41) is 5.87. The largest absolute Gasteiger partial charge is 0.350 e. The first kappa shape index (κ1) is 25.2. The molecule has 0 aliphatic heterocycles. The van der Waals surface area contributed by atoms with Crippen LogP contribution in [0.25, 0.3) is 0 Å². The molecule has 0 fully saturated rings. The monoisotopic (exact) mass is 402 g/mol. The zero-order chi connectivity index (χ0) is 21.3. The molecule has 4 heteroatoms. The summed E-state index contributed by atoms with van der Waals surface area (Å²) in [4.78, 5) is 24.4. The molecule has 0 saturated carbocycles. The molecule has 1 rings (SSSR count). The molecule has 0 aromatic heterocycles. The van der Waals surface area contributed by atoms with Crippen LogP contribution < -0.4 is 10.6 Å². The number of anilines is 1. The fourth-order valence-electron chi connectivity index (χ4n) is 3.32. The third-order valence-corrected chi connectivity index (χ3v) is 5.41. The van der Waals surface area contributed by atoms with Crippen molar-refractivity contribution in [1.82, 2.24) is 5.32 Å². The third-order valence-electron chi connectivity index (χ3n) is 5.41. The Morgan fingerprint density at radius 3 is 2.03 bits per heavy atom. The van der Waals surface area contributed by atoms with Gasteiger partial charge in [-0.1, -0.05) is 84.1 Å². The highest BCUT2D eigenvalue weighted by Gasteiger charge is 2.10. The first-order valence-electron chi connectivity index (χ1n) is 11.8. The Labute approximate surface area is 178 Å². The van der Waals surface area contributed by atoms with E-state index in [1.807, 2.05) is 26.0 Å². The molecule has 0 bridgehead atoms. The number of nitrogens with one attached hydrogen (secondary N) is 2. The first-order chi connectivity index (χ1) is 14.1. The van der Waals surface area contributed by atoms with Crippen molar-refractivity contribution in [2.45, 2.75) is 110 Å². The van der Waals surface area contributed by atoms with Gasteiger partial charge in [0.15, 0.2) is 0 Å². The van der Waals surface area contributed by atoms with Gasteiger partial charge in [0.25, 0.3) is 5.91 Å². The summed E-state index contributed by atoms with van der Waals surface area (Å²) in [5.74, 6) is -0.0683. The number of carbonyl (C=O) groups is 2. The summed E-state index contributed by atoms with van der Waals surface area (Å²) in [6, 6.07) is 7.30.